The average Bonchev–Trinajstić information content (AvgIpc) is 2.88. The van der Waals surface area contributed by atoms with Gasteiger partial charge in [-0.3, -0.25) is 14.4 Å². The molecule has 0 unspecified atom stereocenters. The molecule has 0 saturated carbocycles. The van der Waals surface area contributed by atoms with Crippen molar-refractivity contribution in [2.45, 2.75) is 29.5 Å². The van der Waals surface area contributed by atoms with Gasteiger partial charge in [0.05, 0.1) is 10.9 Å². The molecule has 1 aromatic heterocycles. The Labute approximate surface area is 144 Å². The number of thioether (sulfide) groups is 1. The summed E-state index contributed by atoms with van der Waals surface area (Å²) in [6.07, 6.45) is 0. The second-order valence-corrected chi connectivity index (χ2v) is 8.25. The molecule has 1 aromatic carbocycles. The van der Waals surface area contributed by atoms with Crippen LogP contribution in [-0.2, 0) is 10.2 Å². The molecular weight excluding hydrogens is 353 g/mol. The van der Waals surface area contributed by atoms with Gasteiger partial charge in [0.2, 0.25) is 0 Å². The Bertz CT molecular complexity index is 869. The fourth-order valence-corrected chi connectivity index (χ4v) is 5.67. The summed E-state index contributed by atoms with van der Waals surface area (Å²) in [6.45, 7) is 3.52. The van der Waals surface area contributed by atoms with Gasteiger partial charge in [0.25, 0.3) is 0 Å². The zero-order chi connectivity index (χ0) is 17.6. The highest BCUT2D eigenvalue weighted by Gasteiger charge is 2.51. The summed E-state index contributed by atoms with van der Waals surface area (Å²) in [4.78, 5) is 39.4. The van der Waals surface area contributed by atoms with Gasteiger partial charge >= 0.3 is 10.8 Å². The first-order valence-electron chi connectivity index (χ1n) is 7.14. The van der Waals surface area contributed by atoms with E-state index in [2.05, 4.69) is 4.98 Å². The maximum atomic E-state index is 13.1. The van der Waals surface area contributed by atoms with E-state index in [0.717, 1.165) is 23.1 Å². The number of ketones is 1. The van der Waals surface area contributed by atoms with Crippen LogP contribution in [0.1, 0.15) is 29.1 Å². The predicted molar refractivity (Wildman–Crippen MR) is 89.5 cm³/mol. The number of rotatable bonds is 3. The summed E-state index contributed by atoms with van der Waals surface area (Å²) in [5.41, 5.74) is -0.577. The number of carboxylic acid groups (broad SMARTS) is 1. The Hall–Kier alpha value is -1.93. The number of thiazole rings is 1. The van der Waals surface area contributed by atoms with E-state index in [1.807, 2.05) is 0 Å². The third-order valence-electron chi connectivity index (χ3n) is 4.18. The molecule has 0 saturated heterocycles. The number of nitrogens with one attached hydrogen (secondary N) is 1. The molecule has 2 N–H and O–H groups in total. The van der Waals surface area contributed by atoms with Crippen LogP contribution >= 0.6 is 23.1 Å². The summed E-state index contributed by atoms with van der Waals surface area (Å²) in [5.74, 6) is -2.83. The SMILES string of the molecule is CC1(C)c2sc(=O)[nH]c2S[C@@H](C(=O)O)[C@@H]1C(=O)c1ccc(F)cc1. The second kappa shape index (κ2) is 5.86. The van der Waals surface area contributed by atoms with E-state index in [1.165, 1.54) is 24.3 Å². The normalized spacial score (nSPS) is 22.0. The predicted octanol–water partition coefficient (Wildman–Crippen LogP) is 2.91. The largest absolute Gasteiger partial charge is 0.480 e. The smallest absolute Gasteiger partial charge is 0.317 e. The molecule has 2 atom stereocenters. The van der Waals surface area contributed by atoms with Crippen molar-refractivity contribution in [1.82, 2.24) is 4.98 Å². The maximum absolute atomic E-state index is 13.1. The summed E-state index contributed by atoms with van der Waals surface area (Å²) >= 11 is 1.98. The van der Waals surface area contributed by atoms with Crippen LogP contribution in [0.25, 0.3) is 0 Å². The van der Waals surface area contributed by atoms with Crippen LogP contribution in [-0.4, -0.2) is 27.1 Å². The average molecular weight is 367 g/mol. The lowest BCUT2D eigenvalue weighted by atomic mass is 9.71. The number of halogens is 1. The summed E-state index contributed by atoms with van der Waals surface area (Å²) in [5, 5.41) is 9.06. The van der Waals surface area contributed by atoms with Gasteiger partial charge in [-0.1, -0.05) is 36.9 Å². The number of carbonyl (C=O) groups is 2. The molecule has 2 heterocycles. The van der Waals surface area contributed by atoms with Crippen LogP contribution in [0, 0.1) is 11.7 Å². The van der Waals surface area contributed by atoms with Crippen molar-refractivity contribution in [3.05, 3.63) is 50.2 Å². The van der Waals surface area contributed by atoms with Gasteiger partial charge in [-0.25, -0.2) is 4.39 Å². The number of carboxylic acids is 1. The molecule has 126 valence electrons. The molecule has 1 aliphatic rings. The van der Waals surface area contributed by atoms with Crippen molar-refractivity contribution >= 4 is 34.9 Å². The van der Waals surface area contributed by atoms with Gasteiger partial charge in [0.15, 0.2) is 5.78 Å². The van der Waals surface area contributed by atoms with Gasteiger partial charge in [-0.2, -0.15) is 0 Å². The highest BCUT2D eigenvalue weighted by Crippen LogP contribution is 2.50. The molecule has 0 aliphatic carbocycles. The monoisotopic (exact) mass is 367 g/mol. The number of hydrogen-bond acceptors (Lipinski definition) is 5. The van der Waals surface area contributed by atoms with Crippen molar-refractivity contribution in [1.29, 1.82) is 0 Å². The molecule has 5 nitrogen and oxygen atoms in total. The Kier molecular flexibility index (Phi) is 4.13. The molecule has 2 aromatic rings. The Morgan fingerprint density at radius 1 is 1.25 bits per heavy atom. The number of aromatic nitrogens is 1. The molecule has 0 amide bonds. The number of benzene rings is 1. The summed E-state index contributed by atoms with van der Waals surface area (Å²) in [7, 11) is 0. The highest BCUT2D eigenvalue weighted by molar-refractivity contribution is 8.00. The Morgan fingerprint density at radius 2 is 1.88 bits per heavy atom. The van der Waals surface area contributed by atoms with Crippen molar-refractivity contribution < 1.29 is 19.1 Å². The molecule has 1 aliphatic heterocycles. The third kappa shape index (κ3) is 2.69. The van der Waals surface area contributed by atoms with Crippen LogP contribution in [0.15, 0.2) is 34.1 Å². The minimum absolute atomic E-state index is 0.257. The van der Waals surface area contributed by atoms with Crippen LogP contribution < -0.4 is 4.87 Å². The molecule has 24 heavy (non-hydrogen) atoms. The third-order valence-corrected chi connectivity index (χ3v) is 6.80. The van der Waals surface area contributed by atoms with Gasteiger partial charge in [0, 0.05) is 15.9 Å². The number of aliphatic carboxylic acids is 1. The number of fused-ring (bicyclic) bond motifs is 1. The van der Waals surface area contributed by atoms with Gasteiger partial charge in [0.1, 0.15) is 11.1 Å². The van der Waals surface area contributed by atoms with E-state index in [1.54, 1.807) is 13.8 Å². The Morgan fingerprint density at radius 3 is 2.46 bits per heavy atom. The lowest BCUT2D eigenvalue weighted by Gasteiger charge is -2.40. The van der Waals surface area contributed by atoms with Crippen LogP contribution in [0.4, 0.5) is 4.39 Å². The van der Waals surface area contributed by atoms with Crippen molar-refractivity contribution in [2.24, 2.45) is 5.92 Å². The molecule has 8 heteroatoms. The fraction of sp³-hybridized carbons (Fsp3) is 0.312. The molecule has 0 spiro atoms. The first-order chi connectivity index (χ1) is 11.2. The number of hydrogen-bond donors (Lipinski definition) is 2. The molecule has 0 bridgehead atoms. The number of Topliss-reactive ketones (excluding diaryl/α,β-unsaturated/α-hetero) is 1. The van der Waals surface area contributed by atoms with E-state index in [9.17, 15) is 23.9 Å². The van der Waals surface area contributed by atoms with Crippen LogP contribution in [0.2, 0.25) is 0 Å². The minimum atomic E-state index is -1.12. The maximum Gasteiger partial charge on any atom is 0.317 e. The quantitative estimate of drug-likeness (QED) is 0.815. The van der Waals surface area contributed by atoms with Gasteiger partial charge < -0.3 is 10.1 Å². The van der Waals surface area contributed by atoms with Crippen molar-refractivity contribution in [3.63, 3.8) is 0 Å². The fourth-order valence-electron chi connectivity index (χ4n) is 2.99. The molecular formula is C16H14FNO4S2. The molecule has 0 fully saturated rings. The topological polar surface area (TPSA) is 87.2 Å². The van der Waals surface area contributed by atoms with E-state index in [4.69, 9.17) is 0 Å². The van der Waals surface area contributed by atoms with Crippen molar-refractivity contribution in [3.8, 4) is 0 Å². The number of carbonyl (C=O) groups excluding carboxylic acids is 1. The summed E-state index contributed by atoms with van der Waals surface area (Å²) in [6, 6.07) is 5.05. The zero-order valence-corrected chi connectivity index (χ0v) is 14.5. The van der Waals surface area contributed by atoms with E-state index >= 15 is 0 Å². The van der Waals surface area contributed by atoms with Gasteiger partial charge in [-0.05, 0) is 24.3 Å². The lowest BCUT2D eigenvalue weighted by molar-refractivity contribution is -0.137. The standard InChI is InChI=1S/C16H14FNO4S2/c1-16(2)9(10(19)7-3-5-8(17)6-4-7)11(14(20)21)23-13-12(16)24-15(22)18-13/h3-6,9,11H,1-2H3,(H,18,22)(H,20,21)/t9-,11+/m0/s1. The first-order valence-corrected chi connectivity index (χ1v) is 8.84. The van der Waals surface area contributed by atoms with Gasteiger partial charge in [-0.15, -0.1) is 0 Å². The highest BCUT2D eigenvalue weighted by atomic mass is 32.2. The minimum Gasteiger partial charge on any atom is -0.480 e. The van der Waals surface area contributed by atoms with E-state index in [-0.39, 0.29) is 16.2 Å². The zero-order valence-electron chi connectivity index (χ0n) is 12.8. The molecule has 3 rings (SSSR count). The number of aromatic amines is 1. The summed E-state index contributed by atoms with van der Waals surface area (Å²) < 4.78 is 13.1. The molecule has 0 radical (unpaired) electrons. The lowest BCUT2D eigenvalue weighted by Crippen LogP contribution is -2.47. The number of H-pyrrole nitrogens is 1. The van der Waals surface area contributed by atoms with Crippen molar-refractivity contribution in [2.75, 3.05) is 0 Å². The second-order valence-electron chi connectivity index (χ2n) is 6.12. The Balaban J connectivity index is 2.12. The van der Waals surface area contributed by atoms with E-state index < -0.39 is 28.4 Å². The first kappa shape index (κ1) is 16.9. The van der Waals surface area contributed by atoms with Crippen LogP contribution in [0.3, 0.4) is 0 Å². The van der Waals surface area contributed by atoms with E-state index in [0.29, 0.717) is 9.90 Å². The van der Waals surface area contributed by atoms with Crippen LogP contribution in [0.5, 0.6) is 0 Å².